The van der Waals surface area contributed by atoms with E-state index in [1.807, 2.05) is 0 Å². The van der Waals surface area contributed by atoms with Gasteiger partial charge >= 0.3 is 5.97 Å². The largest absolute Gasteiger partial charge is 0.459 e. The second-order valence-corrected chi connectivity index (χ2v) is 5.34. The molecule has 1 aromatic heterocycles. The van der Waals surface area contributed by atoms with Gasteiger partial charge in [0.25, 0.3) is 5.56 Å². The Morgan fingerprint density at radius 2 is 2.04 bits per heavy atom. The van der Waals surface area contributed by atoms with Crippen LogP contribution in [-0.2, 0) is 9.47 Å². The topological polar surface area (TPSA) is 57.5 Å². The standard InChI is InChI=1S/C17H16FNO4/c18-13-4-6-14(7-5-13)19-10-12(3-8-16(19)20)17(21)23-11-15-2-1-9-22-15/h3-8,10,15H,1-2,9,11H2/t15-/m1/s1. The van der Waals surface area contributed by atoms with Gasteiger partial charge in [-0.2, -0.15) is 0 Å². The summed E-state index contributed by atoms with van der Waals surface area (Å²) in [5, 5.41) is 0. The Morgan fingerprint density at radius 1 is 1.26 bits per heavy atom. The molecule has 1 aliphatic rings. The monoisotopic (exact) mass is 317 g/mol. The van der Waals surface area contributed by atoms with Gasteiger partial charge in [-0.3, -0.25) is 9.36 Å². The van der Waals surface area contributed by atoms with E-state index < -0.39 is 11.8 Å². The van der Waals surface area contributed by atoms with Gasteiger partial charge in [0.2, 0.25) is 0 Å². The zero-order valence-electron chi connectivity index (χ0n) is 12.4. The number of hydrogen-bond donors (Lipinski definition) is 0. The van der Waals surface area contributed by atoms with E-state index in [-0.39, 0.29) is 23.8 Å². The first-order chi connectivity index (χ1) is 11.1. The fraction of sp³-hybridized carbons (Fsp3) is 0.294. The van der Waals surface area contributed by atoms with Crippen molar-refractivity contribution in [3.05, 3.63) is 64.3 Å². The van der Waals surface area contributed by atoms with Gasteiger partial charge in [-0.25, -0.2) is 9.18 Å². The van der Waals surface area contributed by atoms with E-state index in [0.717, 1.165) is 12.8 Å². The highest BCUT2D eigenvalue weighted by Gasteiger charge is 2.18. The second kappa shape index (κ2) is 6.75. The number of carbonyl (C=O) groups is 1. The molecule has 6 heteroatoms. The lowest BCUT2D eigenvalue weighted by molar-refractivity contribution is 0.0161. The first-order valence-electron chi connectivity index (χ1n) is 7.41. The molecule has 0 N–H and O–H groups in total. The molecule has 120 valence electrons. The second-order valence-electron chi connectivity index (χ2n) is 5.34. The Bertz CT molecular complexity index is 748. The summed E-state index contributed by atoms with van der Waals surface area (Å²) in [6.07, 6.45) is 3.19. The molecule has 2 heterocycles. The normalized spacial score (nSPS) is 17.2. The summed E-state index contributed by atoms with van der Waals surface area (Å²) in [6.45, 7) is 0.895. The average molecular weight is 317 g/mol. The molecule has 1 aliphatic heterocycles. The SMILES string of the molecule is O=C(OC[C@H]1CCCO1)c1ccc(=O)n(-c2ccc(F)cc2)c1. The Kier molecular flexibility index (Phi) is 4.52. The number of aromatic nitrogens is 1. The van der Waals surface area contributed by atoms with Crippen molar-refractivity contribution in [3.63, 3.8) is 0 Å². The van der Waals surface area contributed by atoms with Crippen LogP contribution in [0.3, 0.4) is 0 Å². The molecule has 1 aromatic carbocycles. The number of benzene rings is 1. The molecule has 1 fully saturated rings. The van der Waals surface area contributed by atoms with E-state index in [2.05, 4.69) is 0 Å². The van der Waals surface area contributed by atoms with Crippen molar-refractivity contribution in [1.29, 1.82) is 0 Å². The Balaban J connectivity index is 1.77. The van der Waals surface area contributed by atoms with E-state index >= 15 is 0 Å². The van der Waals surface area contributed by atoms with Crippen LogP contribution in [0.5, 0.6) is 0 Å². The number of pyridine rings is 1. The minimum atomic E-state index is -0.517. The Morgan fingerprint density at radius 3 is 2.74 bits per heavy atom. The van der Waals surface area contributed by atoms with Crippen molar-refractivity contribution in [3.8, 4) is 5.69 Å². The van der Waals surface area contributed by atoms with Gasteiger partial charge in [0.05, 0.1) is 11.7 Å². The number of rotatable bonds is 4. The van der Waals surface area contributed by atoms with Gasteiger partial charge in [-0.1, -0.05) is 0 Å². The third kappa shape index (κ3) is 3.65. The lowest BCUT2D eigenvalue weighted by atomic mass is 10.2. The number of hydrogen-bond acceptors (Lipinski definition) is 4. The van der Waals surface area contributed by atoms with E-state index in [1.54, 1.807) is 0 Å². The minimum absolute atomic E-state index is 0.0537. The lowest BCUT2D eigenvalue weighted by Gasteiger charge is -2.11. The molecule has 3 rings (SSSR count). The fourth-order valence-electron chi connectivity index (χ4n) is 2.44. The highest BCUT2D eigenvalue weighted by Crippen LogP contribution is 2.13. The zero-order valence-corrected chi connectivity index (χ0v) is 12.4. The third-order valence-corrected chi connectivity index (χ3v) is 3.68. The molecule has 23 heavy (non-hydrogen) atoms. The number of halogens is 1. The maximum absolute atomic E-state index is 13.0. The predicted octanol–water partition coefficient (Wildman–Crippen LogP) is 2.31. The molecule has 0 saturated carbocycles. The molecule has 2 aromatic rings. The molecule has 0 radical (unpaired) electrons. The van der Waals surface area contributed by atoms with Crippen molar-refractivity contribution in [1.82, 2.24) is 4.57 Å². The molecule has 0 spiro atoms. The van der Waals surface area contributed by atoms with E-state index in [4.69, 9.17) is 9.47 Å². The van der Waals surface area contributed by atoms with Gasteiger partial charge in [-0.15, -0.1) is 0 Å². The summed E-state index contributed by atoms with van der Waals surface area (Å²) < 4.78 is 24.9. The van der Waals surface area contributed by atoms with Crippen LogP contribution in [0, 0.1) is 5.82 Å². The van der Waals surface area contributed by atoms with Crippen molar-refractivity contribution >= 4 is 5.97 Å². The zero-order chi connectivity index (χ0) is 16.2. The summed E-state index contributed by atoms with van der Waals surface area (Å²) in [6, 6.07) is 8.15. The van der Waals surface area contributed by atoms with Crippen molar-refractivity contribution in [2.75, 3.05) is 13.2 Å². The average Bonchev–Trinajstić information content (AvgIpc) is 3.07. The Labute approximate surface area is 132 Å². The smallest absolute Gasteiger partial charge is 0.339 e. The molecular formula is C17H16FNO4. The number of esters is 1. The van der Waals surface area contributed by atoms with E-state index in [9.17, 15) is 14.0 Å². The molecule has 0 unspecified atom stereocenters. The van der Waals surface area contributed by atoms with Crippen LogP contribution in [-0.4, -0.2) is 29.9 Å². The van der Waals surface area contributed by atoms with Crippen LogP contribution in [0.25, 0.3) is 5.69 Å². The number of carbonyl (C=O) groups excluding carboxylic acids is 1. The summed E-state index contributed by atoms with van der Waals surface area (Å²) >= 11 is 0. The van der Waals surface area contributed by atoms with Crippen LogP contribution in [0.4, 0.5) is 4.39 Å². The summed E-state index contributed by atoms with van der Waals surface area (Å²) in [4.78, 5) is 24.0. The summed E-state index contributed by atoms with van der Waals surface area (Å²) in [5.74, 6) is -0.912. The maximum atomic E-state index is 13.0. The number of nitrogens with zero attached hydrogens (tertiary/aromatic N) is 1. The molecule has 0 aliphatic carbocycles. The first kappa shape index (κ1) is 15.4. The van der Waals surface area contributed by atoms with Gasteiger partial charge in [0.15, 0.2) is 0 Å². The highest BCUT2D eigenvalue weighted by atomic mass is 19.1. The third-order valence-electron chi connectivity index (χ3n) is 3.68. The summed E-state index contributed by atoms with van der Waals surface area (Å²) in [7, 11) is 0. The first-order valence-corrected chi connectivity index (χ1v) is 7.41. The maximum Gasteiger partial charge on any atom is 0.339 e. The van der Waals surface area contributed by atoms with Gasteiger partial charge in [-0.05, 0) is 43.2 Å². The fourth-order valence-corrected chi connectivity index (χ4v) is 2.44. The minimum Gasteiger partial charge on any atom is -0.459 e. The predicted molar refractivity (Wildman–Crippen MR) is 81.3 cm³/mol. The molecule has 0 amide bonds. The quantitative estimate of drug-likeness (QED) is 0.812. The van der Waals surface area contributed by atoms with Gasteiger partial charge in [0, 0.05) is 24.6 Å². The van der Waals surface area contributed by atoms with Crippen LogP contribution < -0.4 is 5.56 Å². The summed E-state index contributed by atoms with van der Waals surface area (Å²) in [5.41, 5.74) is 0.421. The molecule has 1 atom stereocenters. The van der Waals surface area contributed by atoms with Crippen LogP contribution in [0.15, 0.2) is 47.4 Å². The van der Waals surface area contributed by atoms with Crippen LogP contribution in [0.1, 0.15) is 23.2 Å². The van der Waals surface area contributed by atoms with Gasteiger partial charge in [0.1, 0.15) is 12.4 Å². The van der Waals surface area contributed by atoms with Crippen LogP contribution >= 0.6 is 0 Å². The molecule has 0 bridgehead atoms. The van der Waals surface area contributed by atoms with E-state index in [0.29, 0.717) is 12.3 Å². The van der Waals surface area contributed by atoms with Crippen LogP contribution in [0.2, 0.25) is 0 Å². The molecule has 1 saturated heterocycles. The number of ether oxygens (including phenoxy) is 2. The van der Waals surface area contributed by atoms with Crippen molar-refractivity contribution in [2.24, 2.45) is 0 Å². The molecular weight excluding hydrogens is 301 g/mol. The van der Waals surface area contributed by atoms with Crippen molar-refractivity contribution < 1.29 is 18.7 Å². The molecule has 5 nitrogen and oxygen atoms in total. The Hall–Kier alpha value is -2.47. The highest BCUT2D eigenvalue weighted by molar-refractivity contribution is 5.89. The van der Waals surface area contributed by atoms with E-state index in [1.165, 1.54) is 47.2 Å². The van der Waals surface area contributed by atoms with Crippen molar-refractivity contribution in [2.45, 2.75) is 18.9 Å². The lowest BCUT2D eigenvalue weighted by Crippen LogP contribution is -2.21. The van der Waals surface area contributed by atoms with Gasteiger partial charge < -0.3 is 9.47 Å².